The first-order chi connectivity index (χ1) is 18.4. The number of Topliss-reactive ketones (excluding diaryl/α,β-unsaturated/α-hetero) is 1. The van der Waals surface area contributed by atoms with E-state index in [1.54, 1.807) is 0 Å². The number of hydrogen-bond donors (Lipinski definition) is 4. The Hall–Kier alpha value is -3.85. The maximum Gasteiger partial charge on any atom is 0.287 e. The Kier molecular flexibility index (Phi) is 11.5. The highest BCUT2D eigenvalue weighted by molar-refractivity contribution is 7.89. The first-order valence-electron chi connectivity index (χ1n) is 12.4. The van der Waals surface area contributed by atoms with E-state index in [2.05, 4.69) is 25.7 Å². The fourth-order valence-electron chi connectivity index (χ4n) is 3.65. The smallest absolute Gasteiger partial charge is 0.287 e. The summed E-state index contributed by atoms with van der Waals surface area (Å²) in [5.74, 6) is -2.74. The van der Waals surface area contributed by atoms with E-state index in [9.17, 15) is 32.4 Å². The van der Waals surface area contributed by atoms with E-state index in [4.69, 9.17) is 0 Å². The van der Waals surface area contributed by atoms with Crippen molar-refractivity contribution < 1.29 is 27.6 Å². The van der Waals surface area contributed by atoms with Crippen LogP contribution >= 0.6 is 0 Å². The van der Waals surface area contributed by atoms with Gasteiger partial charge in [0, 0.05) is 45.7 Å². The van der Waals surface area contributed by atoms with Gasteiger partial charge in [0.15, 0.2) is 0 Å². The van der Waals surface area contributed by atoms with Crippen LogP contribution in [0, 0.1) is 5.92 Å². The summed E-state index contributed by atoms with van der Waals surface area (Å²) in [4.78, 5) is 65.8. The predicted octanol–water partition coefficient (Wildman–Crippen LogP) is -0.485. The van der Waals surface area contributed by atoms with Crippen molar-refractivity contribution in [2.45, 2.75) is 57.3 Å². The number of likely N-dealkylation sites (N-methyl/N-ethyl adjacent to an activating group) is 1. The van der Waals surface area contributed by atoms with Crippen molar-refractivity contribution in [1.82, 2.24) is 29.5 Å². The third-order valence-electron chi connectivity index (χ3n) is 6.11. The SMILES string of the molecule is CCC(CC)CNC(=O)Cn1cccc(NC(=O)[C@H](CCC(=O)C(=O)NC)NS(=O)(=O)c2nccn2C)c1=O. The van der Waals surface area contributed by atoms with Crippen molar-refractivity contribution in [1.29, 1.82) is 0 Å². The van der Waals surface area contributed by atoms with Gasteiger partial charge in [-0.1, -0.05) is 26.7 Å². The van der Waals surface area contributed by atoms with Crippen LogP contribution in [0.15, 0.2) is 40.7 Å². The topological polar surface area (TPSA) is 190 Å². The van der Waals surface area contributed by atoms with Gasteiger partial charge in [-0.05, 0) is 24.5 Å². The van der Waals surface area contributed by atoms with Gasteiger partial charge < -0.3 is 25.1 Å². The van der Waals surface area contributed by atoms with E-state index >= 15 is 0 Å². The third kappa shape index (κ3) is 8.85. The van der Waals surface area contributed by atoms with Crippen LogP contribution in [-0.4, -0.2) is 65.7 Å². The number of amides is 3. The fourth-order valence-corrected chi connectivity index (χ4v) is 4.99. The molecule has 1 atom stereocenters. The van der Waals surface area contributed by atoms with Crippen molar-refractivity contribution in [2.75, 3.05) is 18.9 Å². The first-order valence-corrected chi connectivity index (χ1v) is 13.9. The molecule has 0 aliphatic carbocycles. The molecule has 0 aromatic carbocycles. The number of carbonyl (C=O) groups excluding carboxylic acids is 4. The van der Waals surface area contributed by atoms with Crippen LogP contribution < -0.4 is 26.2 Å². The van der Waals surface area contributed by atoms with Gasteiger partial charge >= 0.3 is 0 Å². The highest BCUT2D eigenvalue weighted by atomic mass is 32.2. The highest BCUT2D eigenvalue weighted by Crippen LogP contribution is 2.11. The molecule has 2 aromatic heterocycles. The van der Waals surface area contributed by atoms with Crippen molar-refractivity contribution in [3.8, 4) is 0 Å². The second kappa shape index (κ2) is 14.3. The molecule has 0 aliphatic rings. The Balaban J connectivity index is 2.22. The molecule has 15 heteroatoms. The minimum atomic E-state index is -4.32. The molecule has 2 rings (SSSR count). The molecule has 0 fully saturated rings. The number of carbonyl (C=O) groups is 4. The molecule has 14 nitrogen and oxygen atoms in total. The molecular weight excluding hydrogens is 530 g/mol. The van der Waals surface area contributed by atoms with Gasteiger partial charge in [0.25, 0.3) is 21.5 Å². The number of ketones is 1. The van der Waals surface area contributed by atoms with Crippen LogP contribution in [0.2, 0.25) is 0 Å². The molecular formula is C24H35N7O7S. The summed E-state index contributed by atoms with van der Waals surface area (Å²) >= 11 is 0. The van der Waals surface area contributed by atoms with Gasteiger partial charge in [-0.15, -0.1) is 0 Å². The van der Waals surface area contributed by atoms with Gasteiger partial charge in [0.05, 0.1) is 0 Å². The number of anilines is 1. The van der Waals surface area contributed by atoms with Gasteiger partial charge in [0.2, 0.25) is 22.8 Å². The Morgan fingerprint density at radius 2 is 1.79 bits per heavy atom. The summed E-state index contributed by atoms with van der Waals surface area (Å²) in [7, 11) is -1.61. The van der Waals surface area contributed by atoms with Gasteiger partial charge in [-0.25, -0.2) is 13.4 Å². The number of aryl methyl sites for hydroxylation is 1. The van der Waals surface area contributed by atoms with Gasteiger partial charge in [-0.2, -0.15) is 4.72 Å². The standard InChI is InChI=1S/C24H35N7O7S/c1-5-16(6-2)14-27-20(33)15-31-12-7-8-18(23(31)36)28-21(34)17(9-10-19(32)22(35)25-3)29-39(37,38)24-26-11-13-30(24)4/h7-8,11-13,16-17,29H,5-6,9-10,14-15H2,1-4H3,(H,25,35)(H,27,33)(H,28,34)/t17-/m0/s1. The van der Waals surface area contributed by atoms with E-state index < -0.39 is 45.6 Å². The molecule has 0 aliphatic heterocycles. The van der Waals surface area contributed by atoms with Crippen molar-refractivity contribution >= 4 is 39.2 Å². The lowest BCUT2D eigenvalue weighted by molar-refractivity contribution is -0.137. The first kappa shape index (κ1) is 31.4. The minimum Gasteiger partial charge on any atom is -0.354 e. The van der Waals surface area contributed by atoms with Crippen molar-refractivity contribution in [3.05, 3.63) is 41.1 Å². The molecule has 0 saturated heterocycles. The molecule has 0 spiro atoms. The van der Waals surface area contributed by atoms with Crippen molar-refractivity contribution in [2.24, 2.45) is 13.0 Å². The summed E-state index contributed by atoms with van der Waals surface area (Å²) in [6, 6.07) is 1.23. The van der Waals surface area contributed by atoms with Gasteiger partial charge in [0.1, 0.15) is 18.3 Å². The molecule has 0 saturated carbocycles. The number of hydrogen-bond acceptors (Lipinski definition) is 8. The zero-order valence-corrected chi connectivity index (χ0v) is 23.2. The summed E-state index contributed by atoms with van der Waals surface area (Å²) in [5, 5.41) is 6.95. The summed E-state index contributed by atoms with van der Waals surface area (Å²) in [6.07, 6.45) is 5.02. The van der Waals surface area contributed by atoms with E-state index in [1.807, 2.05) is 13.8 Å². The van der Waals surface area contributed by atoms with E-state index in [0.29, 0.717) is 12.5 Å². The largest absolute Gasteiger partial charge is 0.354 e. The Morgan fingerprint density at radius 1 is 1.10 bits per heavy atom. The van der Waals surface area contributed by atoms with Crippen molar-refractivity contribution in [3.63, 3.8) is 0 Å². The number of rotatable bonds is 15. The van der Waals surface area contributed by atoms with Crippen LogP contribution in [-0.2, 0) is 42.8 Å². The molecule has 39 heavy (non-hydrogen) atoms. The molecule has 0 bridgehead atoms. The van der Waals surface area contributed by atoms with Crippen LogP contribution in [0.3, 0.4) is 0 Å². The summed E-state index contributed by atoms with van der Waals surface area (Å²) in [5.41, 5.74) is -0.884. The third-order valence-corrected chi connectivity index (χ3v) is 7.58. The maximum absolute atomic E-state index is 13.1. The lowest BCUT2D eigenvalue weighted by Gasteiger charge is -2.18. The number of sulfonamides is 1. The van der Waals surface area contributed by atoms with E-state index in [1.165, 1.54) is 49.4 Å². The second-order valence-electron chi connectivity index (χ2n) is 8.87. The molecule has 214 valence electrons. The minimum absolute atomic E-state index is 0.200. The normalized spacial score (nSPS) is 12.1. The van der Waals surface area contributed by atoms with Gasteiger partial charge in [-0.3, -0.25) is 24.0 Å². The highest BCUT2D eigenvalue weighted by Gasteiger charge is 2.30. The van der Waals surface area contributed by atoms with Crippen LogP contribution in [0.4, 0.5) is 5.69 Å². The number of imidazole rings is 1. The number of nitrogens with one attached hydrogen (secondary N) is 4. The quantitative estimate of drug-likeness (QED) is 0.208. The lowest BCUT2D eigenvalue weighted by Crippen LogP contribution is -2.45. The van der Waals surface area contributed by atoms with Crippen LogP contribution in [0.5, 0.6) is 0 Å². The molecule has 4 N–H and O–H groups in total. The number of aromatic nitrogens is 3. The van der Waals surface area contributed by atoms with Crippen LogP contribution in [0.25, 0.3) is 0 Å². The molecule has 0 radical (unpaired) electrons. The Bertz CT molecular complexity index is 1350. The molecule has 2 aromatic rings. The van der Waals surface area contributed by atoms with E-state index in [-0.39, 0.29) is 29.7 Å². The fraction of sp³-hybridized carbons (Fsp3) is 0.500. The number of pyridine rings is 1. The zero-order chi connectivity index (χ0) is 29.2. The lowest BCUT2D eigenvalue weighted by atomic mass is 10.0. The average Bonchev–Trinajstić information content (AvgIpc) is 3.35. The Labute approximate surface area is 226 Å². The predicted molar refractivity (Wildman–Crippen MR) is 142 cm³/mol. The van der Waals surface area contributed by atoms with E-state index in [0.717, 1.165) is 17.4 Å². The maximum atomic E-state index is 13.1. The second-order valence-corrected chi connectivity index (χ2v) is 10.5. The summed E-state index contributed by atoms with van der Waals surface area (Å²) < 4.78 is 30.2. The zero-order valence-electron chi connectivity index (χ0n) is 22.4. The van der Waals surface area contributed by atoms with Crippen LogP contribution in [0.1, 0.15) is 39.5 Å². The summed E-state index contributed by atoms with van der Waals surface area (Å²) in [6.45, 7) is 4.24. The average molecular weight is 566 g/mol. The number of nitrogens with zero attached hydrogens (tertiary/aromatic N) is 3. The monoisotopic (exact) mass is 565 g/mol. The molecule has 0 unspecified atom stereocenters. The molecule has 3 amide bonds. The molecule has 2 heterocycles. The Morgan fingerprint density at radius 3 is 2.38 bits per heavy atom.